The summed E-state index contributed by atoms with van der Waals surface area (Å²) in [5, 5.41) is 4.37. The topological polar surface area (TPSA) is 41.6 Å². The Hall–Kier alpha value is -2.07. The molecule has 0 aliphatic heterocycles. The van der Waals surface area contributed by atoms with Crippen LogP contribution in [0.15, 0.2) is 83.3 Å². The van der Waals surface area contributed by atoms with Gasteiger partial charge in [0.15, 0.2) is 0 Å². The molecule has 0 saturated heterocycles. The Kier molecular flexibility index (Phi) is 9.21. The number of benzene rings is 3. The average molecular weight is 584 g/mol. The molecule has 1 saturated carbocycles. The number of anilines is 2. The summed E-state index contributed by atoms with van der Waals surface area (Å²) in [6, 6.07) is 26.2. The normalized spacial score (nSPS) is 22.3. The highest BCUT2D eigenvalue weighted by molar-refractivity contribution is 9.10. The molecule has 1 aliphatic carbocycles. The Morgan fingerprint density at radius 1 is 0.946 bits per heavy atom. The summed E-state index contributed by atoms with van der Waals surface area (Å²) in [4.78, 5) is 2.06. The molecule has 0 aromatic heterocycles. The Balaban J connectivity index is 1.84. The van der Waals surface area contributed by atoms with Crippen molar-refractivity contribution in [1.29, 1.82) is 0 Å². The van der Waals surface area contributed by atoms with Gasteiger partial charge in [-0.1, -0.05) is 73.5 Å². The summed E-state index contributed by atoms with van der Waals surface area (Å²) >= 11 is 3.56. The maximum atomic E-state index is 15.5. The molecule has 4 nitrogen and oxygen atoms in total. The van der Waals surface area contributed by atoms with Gasteiger partial charge >= 0.3 is 0 Å². The van der Waals surface area contributed by atoms with Gasteiger partial charge < -0.3 is 14.7 Å². The summed E-state index contributed by atoms with van der Waals surface area (Å²) < 4.78 is 23.5. The molecule has 4 rings (SSSR count). The lowest BCUT2D eigenvalue weighted by Gasteiger charge is -2.41. The molecule has 198 valence electrons. The molecular weight excluding hydrogens is 543 g/mol. The van der Waals surface area contributed by atoms with Crippen LogP contribution in [0.3, 0.4) is 0 Å². The van der Waals surface area contributed by atoms with Gasteiger partial charge in [0.25, 0.3) is 7.37 Å². The van der Waals surface area contributed by atoms with Gasteiger partial charge in [0.1, 0.15) is 5.78 Å². The first-order chi connectivity index (χ1) is 17.7. The lowest BCUT2D eigenvalue weighted by Crippen LogP contribution is -2.35. The van der Waals surface area contributed by atoms with Crippen molar-refractivity contribution in [1.82, 2.24) is 0 Å². The van der Waals surface area contributed by atoms with Gasteiger partial charge in [-0.25, -0.2) is 0 Å². The minimum atomic E-state index is -3.45. The van der Waals surface area contributed by atoms with Crippen LogP contribution in [0.4, 0.5) is 11.4 Å². The van der Waals surface area contributed by atoms with Crippen LogP contribution in [0.25, 0.3) is 0 Å². The minimum Gasteiger partial charge on any atom is -0.378 e. The van der Waals surface area contributed by atoms with Crippen LogP contribution in [0.1, 0.15) is 51.4 Å². The Morgan fingerprint density at radius 2 is 1.59 bits per heavy atom. The molecule has 5 atom stereocenters. The van der Waals surface area contributed by atoms with Crippen LogP contribution in [0.2, 0.25) is 0 Å². The number of hydrogen-bond acceptors (Lipinski definition) is 4. The molecule has 1 N–H and O–H groups in total. The molecule has 0 spiro atoms. The third-order valence-electron chi connectivity index (χ3n) is 7.58. The molecule has 1 aliphatic rings. The standard InChI is InChI=1S/C31H40BrN2O2P/c1-22(2)29-20-11-23(3)21-30(29)36-37(35,28-18-16-27(17-19-28)34(4)5)31(24-12-14-25(32)15-13-24)33-26-9-7-6-8-10-26/h6-10,12-19,22-23,29-31,33H,11,20-21H2,1-5H3/t23-,29-,30-,31-,37+/m1/s1. The number of halogens is 1. The van der Waals surface area contributed by atoms with Crippen molar-refractivity contribution in [2.45, 2.75) is 51.9 Å². The number of rotatable bonds is 9. The monoisotopic (exact) mass is 582 g/mol. The van der Waals surface area contributed by atoms with Gasteiger partial charge in [-0.2, -0.15) is 0 Å². The molecular formula is C31H40BrN2O2P. The third kappa shape index (κ3) is 6.69. The molecule has 0 amide bonds. The molecule has 3 aromatic carbocycles. The SMILES string of the molecule is CC(C)[C@H]1CC[C@@H](C)C[C@H]1O[P@@](=O)(c1ccc(N(C)C)cc1)[C@@H](Nc1ccccc1)c1ccc(Br)cc1. The molecule has 0 heterocycles. The van der Waals surface area contributed by atoms with Crippen molar-refractivity contribution in [2.24, 2.45) is 17.8 Å². The Morgan fingerprint density at radius 3 is 2.19 bits per heavy atom. The lowest BCUT2D eigenvalue weighted by atomic mass is 9.75. The largest absolute Gasteiger partial charge is 0.378 e. The van der Waals surface area contributed by atoms with Crippen molar-refractivity contribution in [3.8, 4) is 0 Å². The number of nitrogens with zero attached hydrogens (tertiary/aromatic N) is 1. The summed E-state index contributed by atoms with van der Waals surface area (Å²) in [6.07, 6.45) is 3.18. The fourth-order valence-electron chi connectivity index (χ4n) is 5.37. The fourth-order valence-corrected chi connectivity index (χ4v) is 8.27. The quantitative estimate of drug-likeness (QED) is 0.256. The molecule has 37 heavy (non-hydrogen) atoms. The maximum absolute atomic E-state index is 15.5. The molecule has 3 aromatic rings. The van der Waals surface area contributed by atoms with E-state index in [1.807, 2.05) is 93.0 Å². The van der Waals surface area contributed by atoms with E-state index in [4.69, 9.17) is 4.52 Å². The zero-order valence-electron chi connectivity index (χ0n) is 22.6. The first-order valence-electron chi connectivity index (χ1n) is 13.3. The van der Waals surface area contributed by atoms with Crippen molar-refractivity contribution in [3.05, 3.63) is 88.9 Å². The van der Waals surface area contributed by atoms with Gasteiger partial charge in [0, 0.05) is 35.2 Å². The zero-order chi connectivity index (χ0) is 26.6. The highest BCUT2D eigenvalue weighted by atomic mass is 79.9. The van der Waals surface area contributed by atoms with E-state index in [0.29, 0.717) is 17.8 Å². The number of hydrogen-bond donors (Lipinski definition) is 1. The van der Waals surface area contributed by atoms with E-state index in [2.05, 4.69) is 46.9 Å². The van der Waals surface area contributed by atoms with Crippen LogP contribution in [0.5, 0.6) is 0 Å². The van der Waals surface area contributed by atoms with Crippen LogP contribution >= 0.6 is 23.3 Å². The first-order valence-corrected chi connectivity index (χ1v) is 15.8. The first kappa shape index (κ1) is 28.0. The number of para-hydroxylation sites is 1. The van der Waals surface area contributed by atoms with Crippen LogP contribution in [-0.2, 0) is 9.09 Å². The summed E-state index contributed by atoms with van der Waals surface area (Å²) in [5.74, 6) is 0.874. The molecule has 1 fully saturated rings. The second-order valence-electron chi connectivity index (χ2n) is 10.9. The van der Waals surface area contributed by atoms with Gasteiger partial charge in [-0.15, -0.1) is 0 Å². The fraction of sp³-hybridized carbons (Fsp3) is 0.419. The van der Waals surface area contributed by atoms with Crippen LogP contribution in [0, 0.1) is 17.8 Å². The van der Waals surface area contributed by atoms with Gasteiger partial charge in [0.05, 0.1) is 6.10 Å². The lowest BCUT2D eigenvalue weighted by molar-refractivity contribution is 0.0489. The van der Waals surface area contributed by atoms with E-state index in [0.717, 1.165) is 39.6 Å². The highest BCUT2D eigenvalue weighted by Gasteiger charge is 2.43. The van der Waals surface area contributed by atoms with Crippen molar-refractivity contribution in [2.75, 3.05) is 24.3 Å². The second kappa shape index (κ2) is 12.2. The summed E-state index contributed by atoms with van der Waals surface area (Å²) in [5.41, 5.74) is 2.93. The Bertz CT molecular complexity index is 1180. The van der Waals surface area contributed by atoms with Crippen LogP contribution in [-0.4, -0.2) is 20.2 Å². The highest BCUT2D eigenvalue weighted by Crippen LogP contribution is 2.61. The zero-order valence-corrected chi connectivity index (χ0v) is 25.1. The van der Waals surface area contributed by atoms with Crippen molar-refractivity contribution < 1.29 is 9.09 Å². The van der Waals surface area contributed by atoms with Crippen molar-refractivity contribution >= 4 is 40.0 Å². The summed E-state index contributed by atoms with van der Waals surface area (Å²) in [6.45, 7) is 6.82. The molecule has 6 heteroatoms. The van der Waals surface area contributed by atoms with Crippen molar-refractivity contribution in [3.63, 3.8) is 0 Å². The van der Waals surface area contributed by atoms with Gasteiger partial charge in [-0.3, -0.25) is 4.57 Å². The van der Waals surface area contributed by atoms with E-state index in [1.165, 1.54) is 6.42 Å². The maximum Gasteiger partial charge on any atom is 0.258 e. The van der Waals surface area contributed by atoms with E-state index < -0.39 is 13.2 Å². The third-order valence-corrected chi connectivity index (χ3v) is 10.8. The summed E-state index contributed by atoms with van der Waals surface area (Å²) in [7, 11) is 0.583. The van der Waals surface area contributed by atoms with E-state index >= 15 is 4.57 Å². The smallest absolute Gasteiger partial charge is 0.258 e. The number of nitrogens with one attached hydrogen (secondary N) is 1. The van der Waals surface area contributed by atoms with E-state index in [1.54, 1.807) is 0 Å². The predicted octanol–water partition coefficient (Wildman–Crippen LogP) is 8.71. The molecule has 0 bridgehead atoms. The molecule has 0 unspecified atom stereocenters. The second-order valence-corrected chi connectivity index (χ2v) is 14.3. The minimum absolute atomic E-state index is 0.0568. The van der Waals surface area contributed by atoms with E-state index in [-0.39, 0.29) is 6.10 Å². The van der Waals surface area contributed by atoms with E-state index in [9.17, 15) is 0 Å². The predicted molar refractivity (Wildman–Crippen MR) is 161 cm³/mol. The van der Waals surface area contributed by atoms with Gasteiger partial charge in [0.2, 0.25) is 0 Å². The van der Waals surface area contributed by atoms with Gasteiger partial charge in [-0.05, 0) is 84.7 Å². The van der Waals surface area contributed by atoms with Crippen LogP contribution < -0.4 is 15.5 Å². The Labute approximate surface area is 231 Å². The molecule has 0 radical (unpaired) electrons. The average Bonchev–Trinajstić information content (AvgIpc) is 2.88.